The van der Waals surface area contributed by atoms with Gasteiger partial charge in [-0.3, -0.25) is 9.59 Å². The van der Waals surface area contributed by atoms with Gasteiger partial charge in [0.1, 0.15) is 0 Å². The molecule has 39 heavy (non-hydrogen) atoms. The number of ether oxygens (including phenoxy) is 4. The van der Waals surface area contributed by atoms with Crippen LogP contribution in [0.4, 0.5) is 0 Å². The van der Waals surface area contributed by atoms with Crippen molar-refractivity contribution in [3.05, 3.63) is 47.0 Å². The standard InChI is InChI=1S/C29H40N4O6/c1-31-12-14-33(15-13-31)11-7-10-30-28(34)26-20-17-24(38-5)25(39-6)18-21(20)29(35)32(2)27(26)19-8-9-22(36-3)23(16-19)37-4/h8-9,16-18,26-27H,7,10-15H2,1-6H3,(H,30,34)/t26-,27-/m0/s1. The SMILES string of the molecule is COc1ccc([C@H]2[C@@H](C(=O)NCCCN3CCN(C)CC3)c3cc(OC)c(OC)cc3C(=O)N2C)cc1OC. The summed E-state index contributed by atoms with van der Waals surface area (Å²) in [7, 11) is 10.1. The molecule has 2 aliphatic heterocycles. The summed E-state index contributed by atoms with van der Waals surface area (Å²) in [6, 6.07) is 8.33. The molecule has 0 aliphatic carbocycles. The van der Waals surface area contributed by atoms with Crippen molar-refractivity contribution in [2.24, 2.45) is 0 Å². The molecule has 0 bridgehead atoms. The zero-order valence-corrected chi connectivity index (χ0v) is 23.8. The summed E-state index contributed by atoms with van der Waals surface area (Å²) in [5.74, 6) is 0.972. The second kappa shape index (κ2) is 12.6. The summed E-state index contributed by atoms with van der Waals surface area (Å²) in [6.07, 6.45) is 0.844. The number of hydrogen-bond donors (Lipinski definition) is 1. The van der Waals surface area contributed by atoms with E-state index < -0.39 is 12.0 Å². The number of carbonyl (C=O) groups is 2. The number of amides is 2. The third-order valence-corrected chi connectivity index (χ3v) is 7.75. The lowest BCUT2D eigenvalue weighted by molar-refractivity contribution is -0.124. The van der Waals surface area contributed by atoms with Gasteiger partial charge in [-0.25, -0.2) is 0 Å². The molecular formula is C29H40N4O6. The topological polar surface area (TPSA) is 92.8 Å². The van der Waals surface area contributed by atoms with Crippen LogP contribution in [-0.2, 0) is 4.79 Å². The zero-order chi connectivity index (χ0) is 28.1. The number of nitrogens with zero attached hydrogens (tertiary/aromatic N) is 3. The summed E-state index contributed by atoms with van der Waals surface area (Å²) in [4.78, 5) is 33.9. The van der Waals surface area contributed by atoms with E-state index in [-0.39, 0.29) is 11.8 Å². The molecule has 0 spiro atoms. The molecule has 2 amide bonds. The Morgan fingerprint density at radius 1 is 0.872 bits per heavy atom. The van der Waals surface area contributed by atoms with Gasteiger partial charge in [0.2, 0.25) is 5.91 Å². The lowest BCUT2D eigenvalue weighted by Gasteiger charge is -2.40. The van der Waals surface area contributed by atoms with Gasteiger partial charge in [-0.15, -0.1) is 0 Å². The van der Waals surface area contributed by atoms with E-state index in [0.29, 0.717) is 40.7 Å². The second-order valence-corrected chi connectivity index (χ2v) is 10.0. The Morgan fingerprint density at radius 3 is 2.13 bits per heavy atom. The van der Waals surface area contributed by atoms with Crippen LogP contribution in [0.25, 0.3) is 0 Å². The van der Waals surface area contributed by atoms with Gasteiger partial charge in [0.15, 0.2) is 23.0 Å². The van der Waals surface area contributed by atoms with Crippen molar-refractivity contribution in [1.29, 1.82) is 0 Å². The maximum atomic E-state index is 13.9. The Balaban J connectivity index is 1.66. The van der Waals surface area contributed by atoms with Gasteiger partial charge in [0.25, 0.3) is 5.91 Å². The molecule has 0 radical (unpaired) electrons. The van der Waals surface area contributed by atoms with Crippen LogP contribution < -0.4 is 24.3 Å². The Bertz CT molecular complexity index is 1180. The fourth-order valence-corrected chi connectivity index (χ4v) is 5.48. The molecule has 1 saturated heterocycles. The number of likely N-dealkylation sites (N-methyl/N-ethyl adjacent to an activating group) is 2. The summed E-state index contributed by atoms with van der Waals surface area (Å²) in [6.45, 7) is 5.67. The highest BCUT2D eigenvalue weighted by molar-refractivity contribution is 6.02. The molecule has 10 nitrogen and oxygen atoms in total. The average molecular weight is 541 g/mol. The van der Waals surface area contributed by atoms with Crippen LogP contribution in [0.5, 0.6) is 23.0 Å². The summed E-state index contributed by atoms with van der Waals surface area (Å²) in [5.41, 5.74) is 1.79. The average Bonchev–Trinajstić information content (AvgIpc) is 2.96. The summed E-state index contributed by atoms with van der Waals surface area (Å²) >= 11 is 0. The van der Waals surface area contributed by atoms with Crippen LogP contribution in [0.1, 0.15) is 39.9 Å². The summed E-state index contributed by atoms with van der Waals surface area (Å²) in [5, 5.41) is 3.15. The Hall–Kier alpha value is -3.50. The molecule has 2 aromatic rings. The number of rotatable bonds is 10. The lowest BCUT2D eigenvalue weighted by Crippen LogP contribution is -2.47. The van der Waals surface area contributed by atoms with Gasteiger partial charge < -0.3 is 39.0 Å². The molecule has 0 unspecified atom stereocenters. The third-order valence-electron chi connectivity index (χ3n) is 7.75. The van der Waals surface area contributed by atoms with Crippen molar-refractivity contribution in [3.8, 4) is 23.0 Å². The maximum Gasteiger partial charge on any atom is 0.254 e. The van der Waals surface area contributed by atoms with Gasteiger partial charge in [-0.2, -0.15) is 0 Å². The van der Waals surface area contributed by atoms with Gasteiger partial charge in [-0.05, 0) is 55.4 Å². The normalized spacial score (nSPS) is 19.8. The number of methoxy groups -OCH3 is 4. The molecule has 10 heteroatoms. The molecule has 1 fully saturated rings. The minimum absolute atomic E-state index is 0.152. The van der Waals surface area contributed by atoms with Crippen LogP contribution in [0.3, 0.4) is 0 Å². The Labute approximate surface area is 230 Å². The van der Waals surface area contributed by atoms with Crippen molar-refractivity contribution in [2.45, 2.75) is 18.4 Å². The fourth-order valence-electron chi connectivity index (χ4n) is 5.48. The first kappa shape index (κ1) is 28.5. The van der Waals surface area contributed by atoms with Crippen LogP contribution in [-0.4, -0.2) is 108 Å². The van der Waals surface area contributed by atoms with E-state index in [1.54, 1.807) is 51.5 Å². The van der Waals surface area contributed by atoms with Gasteiger partial charge in [0.05, 0.1) is 40.4 Å². The van der Waals surface area contributed by atoms with Crippen molar-refractivity contribution < 1.29 is 28.5 Å². The van der Waals surface area contributed by atoms with E-state index in [1.807, 2.05) is 12.1 Å². The highest BCUT2D eigenvalue weighted by Gasteiger charge is 2.43. The van der Waals surface area contributed by atoms with E-state index in [1.165, 1.54) is 7.11 Å². The zero-order valence-electron chi connectivity index (χ0n) is 23.8. The molecule has 212 valence electrons. The van der Waals surface area contributed by atoms with E-state index in [9.17, 15) is 9.59 Å². The van der Waals surface area contributed by atoms with Crippen molar-refractivity contribution in [2.75, 3.05) is 81.8 Å². The molecule has 2 aromatic carbocycles. The van der Waals surface area contributed by atoms with Gasteiger partial charge in [0, 0.05) is 45.3 Å². The molecule has 2 atom stereocenters. The smallest absolute Gasteiger partial charge is 0.254 e. The highest BCUT2D eigenvalue weighted by atomic mass is 16.5. The van der Waals surface area contributed by atoms with Crippen LogP contribution in [0.2, 0.25) is 0 Å². The van der Waals surface area contributed by atoms with Crippen molar-refractivity contribution in [1.82, 2.24) is 20.0 Å². The Morgan fingerprint density at radius 2 is 1.49 bits per heavy atom. The van der Waals surface area contributed by atoms with Gasteiger partial charge >= 0.3 is 0 Å². The first-order valence-corrected chi connectivity index (χ1v) is 13.3. The maximum absolute atomic E-state index is 13.9. The van der Waals surface area contributed by atoms with Crippen LogP contribution in [0.15, 0.2) is 30.3 Å². The second-order valence-electron chi connectivity index (χ2n) is 10.0. The Kier molecular flexibility index (Phi) is 9.19. The number of fused-ring (bicyclic) bond motifs is 1. The third kappa shape index (κ3) is 5.91. The molecule has 2 aliphatic rings. The number of hydrogen-bond acceptors (Lipinski definition) is 8. The monoisotopic (exact) mass is 540 g/mol. The molecular weight excluding hydrogens is 500 g/mol. The first-order chi connectivity index (χ1) is 18.8. The first-order valence-electron chi connectivity index (χ1n) is 13.3. The highest BCUT2D eigenvalue weighted by Crippen LogP contribution is 2.46. The van der Waals surface area contributed by atoms with E-state index in [2.05, 4.69) is 22.2 Å². The number of carbonyl (C=O) groups excluding carboxylic acids is 2. The fraction of sp³-hybridized carbons (Fsp3) is 0.517. The van der Waals surface area contributed by atoms with Gasteiger partial charge in [-0.1, -0.05) is 6.07 Å². The van der Waals surface area contributed by atoms with E-state index in [0.717, 1.165) is 44.7 Å². The minimum atomic E-state index is -0.677. The molecule has 4 rings (SSSR count). The predicted molar refractivity (Wildman–Crippen MR) is 148 cm³/mol. The predicted octanol–water partition coefficient (Wildman–Crippen LogP) is 2.39. The van der Waals surface area contributed by atoms with E-state index in [4.69, 9.17) is 18.9 Å². The number of benzene rings is 2. The van der Waals surface area contributed by atoms with Crippen molar-refractivity contribution in [3.63, 3.8) is 0 Å². The van der Waals surface area contributed by atoms with Crippen molar-refractivity contribution >= 4 is 11.8 Å². The molecule has 0 aromatic heterocycles. The molecule has 1 N–H and O–H groups in total. The molecule has 0 saturated carbocycles. The van der Waals surface area contributed by atoms with Crippen LogP contribution >= 0.6 is 0 Å². The quantitative estimate of drug-likeness (QED) is 0.460. The van der Waals surface area contributed by atoms with E-state index >= 15 is 0 Å². The largest absolute Gasteiger partial charge is 0.493 e. The van der Waals surface area contributed by atoms with Crippen LogP contribution in [0, 0.1) is 0 Å². The lowest BCUT2D eigenvalue weighted by atomic mass is 9.79. The summed E-state index contributed by atoms with van der Waals surface area (Å²) < 4.78 is 21.9. The minimum Gasteiger partial charge on any atom is -0.493 e. The molecule has 2 heterocycles. The number of piperazine rings is 1. The number of nitrogens with one attached hydrogen (secondary N) is 1.